The summed E-state index contributed by atoms with van der Waals surface area (Å²) in [6, 6.07) is 0. The van der Waals surface area contributed by atoms with Crippen LogP contribution in [0.4, 0.5) is 0 Å². The Morgan fingerprint density at radius 2 is 2.21 bits per heavy atom. The quantitative estimate of drug-likeness (QED) is 0.710. The zero-order valence-electron chi connectivity index (χ0n) is 7.77. The van der Waals surface area contributed by atoms with Gasteiger partial charge in [-0.1, -0.05) is 0 Å². The third kappa shape index (κ3) is 1.46. The van der Waals surface area contributed by atoms with Gasteiger partial charge in [-0.2, -0.15) is 0 Å². The molecule has 2 heterocycles. The lowest BCUT2D eigenvalue weighted by Gasteiger charge is -1.88. The molecule has 0 aliphatic rings. The van der Waals surface area contributed by atoms with E-state index >= 15 is 0 Å². The predicted octanol–water partition coefficient (Wildman–Crippen LogP) is 2.23. The van der Waals surface area contributed by atoms with Crippen LogP contribution in [0.25, 0.3) is 10.8 Å². The lowest BCUT2D eigenvalue weighted by Crippen LogP contribution is -1.78. The molecule has 0 N–H and O–H groups in total. The molecule has 0 aromatic carbocycles. The standard InChI is InChI=1S/C9H8N2O2S/c1-5-4-13-9(10-5)8-6(2)11-7(3-12)14-8/h3-4H,1-2H3. The molecule has 0 unspecified atom stereocenters. The predicted molar refractivity (Wildman–Crippen MR) is 52.5 cm³/mol. The summed E-state index contributed by atoms with van der Waals surface area (Å²) in [7, 11) is 0. The highest BCUT2D eigenvalue weighted by Crippen LogP contribution is 2.28. The van der Waals surface area contributed by atoms with Crippen molar-refractivity contribution in [2.24, 2.45) is 0 Å². The monoisotopic (exact) mass is 208 g/mol. The second-order valence-electron chi connectivity index (χ2n) is 2.88. The summed E-state index contributed by atoms with van der Waals surface area (Å²) >= 11 is 1.29. The average Bonchev–Trinajstić information content (AvgIpc) is 2.71. The van der Waals surface area contributed by atoms with Crippen molar-refractivity contribution in [3.8, 4) is 10.8 Å². The summed E-state index contributed by atoms with van der Waals surface area (Å²) in [4.78, 5) is 19.6. The summed E-state index contributed by atoms with van der Waals surface area (Å²) < 4.78 is 5.23. The molecule has 0 radical (unpaired) electrons. The van der Waals surface area contributed by atoms with E-state index in [2.05, 4.69) is 9.97 Å². The molecule has 0 fully saturated rings. The maximum Gasteiger partial charge on any atom is 0.238 e. The van der Waals surface area contributed by atoms with E-state index in [0.29, 0.717) is 10.9 Å². The van der Waals surface area contributed by atoms with Crippen molar-refractivity contribution in [1.29, 1.82) is 0 Å². The molecule has 0 saturated carbocycles. The smallest absolute Gasteiger partial charge is 0.238 e. The maximum absolute atomic E-state index is 10.5. The van der Waals surface area contributed by atoms with Gasteiger partial charge in [0.15, 0.2) is 11.3 Å². The number of aldehydes is 1. The Kier molecular flexibility index (Phi) is 2.17. The van der Waals surface area contributed by atoms with Crippen LogP contribution >= 0.6 is 11.3 Å². The molecule has 4 nitrogen and oxygen atoms in total. The van der Waals surface area contributed by atoms with Crippen molar-refractivity contribution in [3.63, 3.8) is 0 Å². The minimum atomic E-state index is 0.452. The van der Waals surface area contributed by atoms with Crippen LogP contribution in [0.1, 0.15) is 21.2 Å². The van der Waals surface area contributed by atoms with Crippen molar-refractivity contribution in [3.05, 3.63) is 22.7 Å². The summed E-state index contributed by atoms with van der Waals surface area (Å²) in [5.74, 6) is 0.533. The largest absolute Gasteiger partial charge is 0.444 e. The minimum absolute atomic E-state index is 0.452. The van der Waals surface area contributed by atoms with Gasteiger partial charge in [0.2, 0.25) is 5.89 Å². The van der Waals surface area contributed by atoms with Gasteiger partial charge in [-0.3, -0.25) is 4.79 Å². The number of rotatable bonds is 2. The minimum Gasteiger partial charge on any atom is -0.444 e. The third-order valence-electron chi connectivity index (χ3n) is 1.73. The van der Waals surface area contributed by atoms with Crippen LogP contribution < -0.4 is 0 Å². The van der Waals surface area contributed by atoms with Crippen LogP contribution in [-0.4, -0.2) is 16.3 Å². The van der Waals surface area contributed by atoms with Gasteiger partial charge >= 0.3 is 0 Å². The van der Waals surface area contributed by atoms with Gasteiger partial charge in [-0.05, 0) is 13.8 Å². The number of carbonyl (C=O) groups excluding carboxylic acids is 1. The fraction of sp³-hybridized carbons (Fsp3) is 0.222. The molecule has 2 aromatic rings. The Bertz CT molecular complexity index is 473. The number of nitrogens with zero attached hydrogens (tertiary/aromatic N) is 2. The van der Waals surface area contributed by atoms with Crippen molar-refractivity contribution in [1.82, 2.24) is 9.97 Å². The van der Waals surface area contributed by atoms with Gasteiger partial charge < -0.3 is 4.42 Å². The number of hydrogen-bond donors (Lipinski definition) is 0. The van der Waals surface area contributed by atoms with E-state index in [1.807, 2.05) is 13.8 Å². The first-order valence-electron chi connectivity index (χ1n) is 4.06. The Labute approximate surface area is 84.6 Å². The van der Waals surface area contributed by atoms with Gasteiger partial charge in [-0.15, -0.1) is 11.3 Å². The Morgan fingerprint density at radius 1 is 1.43 bits per heavy atom. The molecule has 0 atom stereocenters. The van der Waals surface area contributed by atoms with E-state index in [1.54, 1.807) is 6.26 Å². The van der Waals surface area contributed by atoms with Gasteiger partial charge in [0, 0.05) is 0 Å². The summed E-state index contributed by atoms with van der Waals surface area (Å²) in [5, 5.41) is 0.452. The fourth-order valence-corrected chi connectivity index (χ4v) is 1.94. The molecule has 72 valence electrons. The lowest BCUT2D eigenvalue weighted by molar-refractivity contribution is 0.112. The van der Waals surface area contributed by atoms with Crippen LogP contribution in [0, 0.1) is 13.8 Å². The molecule has 0 saturated heterocycles. The lowest BCUT2D eigenvalue weighted by atomic mass is 10.4. The van der Waals surface area contributed by atoms with Crippen molar-refractivity contribution in [2.45, 2.75) is 13.8 Å². The molecule has 14 heavy (non-hydrogen) atoms. The molecule has 2 aromatic heterocycles. The summed E-state index contributed by atoms with van der Waals surface area (Å²) in [5.41, 5.74) is 1.60. The summed E-state index contributed by atoms with van der Waals surface area (Å²) in [6.45, 7) is 3.68. The van der Waals surface area contributed by atoms with Crippen LogP contribution in [0.3, 0.4) is 0 Å². The number of thiazole rings is 1. The molecular weight excluding hydrogens is 200 g/mol. The zero-order chi connectivity index (χ0) is 10.1. The molecule has 0 bridgehead atoms. The number of hydrogen-bond acceptors (Lipinski definition) is 5. The normalized spacial score (nSPS) is 10.4. The van der Waals surface area contributed by atoms with Gasteiger partial charge in [-0.25, -0.2) is 9.97 Å². The SMILES string of the molecule is Cc1coc(-c2sc(C=O)nc2C)n1. The molecule has 2 rings (SSSR count). The molecule has 0 spiro atoms. The Hall–Kier alpha value is -1.49. The van der Waals surface area contributed by atoms with Crippen molar-refractivity contribution in [2.75, 3.05) is 0 Å². The van der Waals surface area contributed by atoms with Gasteiger partial charge in [0.1, 0.15) is 11.1 Å². The highest BCUT2D eigenvalue weighted by Gasteiger charge is 2.13. The van der Waals surface area contributed by atoms with Crippen molar-refractivity contribution < 1.29 is 9.21 Å². The Balaban J connectivity index is 2.50. The second-order valence-corrected chi connectivity index (χ2v) is 3.91. The van der Waals surface area contributed by atoms with Crippen molar-refractivity contribution >= 4 is 17.6 Å². The third-order valence-corrected chi connectivity index (χ3v) is 2.80. The van der Waals surface area contributed by atoms with E-state index in [1.165, 1.54) is 11.3 Å². The first-order valence-corrected chi connectivity index (χ1v) is 4.87. The number of carbonyl (C=O) groups is 1. The number of oxazole rings is 1. The second kappa shape index (κ2) is 3.34. The topological polar surface area (TPSA) is 56.0 Å². The first kappa shape index (κ1) is 9.08. The van der Waals surface area contributed by atoms with Crippen LogP contribution in [0.15, 0.2) is 10.7 Å². The summed E-state index contributed by atoms with van der Waals surface area (Å²) in [6.07, 6.45) is 2.31. The van der Waals surface area contributed by atoms with Gasteiger partial charge in [0.25, 0.3) is 0 Å². The fourth-order valence-electron chi connectivity index (χ4n) is 1.12. The number of aromatic nitrogens is 2. The Morgan fingerprint density at radius 3 is 2.71 bits per heavy atom. The van der Waals surface area contributed by atoms with E-state index < -0.39 is 0 Å². The van der Waals surface area contributed by atoms with Gasteiger partial charge in [0.05, 0.1) is 11.4 Å². The van der Waals surface area contributed by atoms with E-state index in [0.717, 1.165) is 22.6 Å². The van der Waals surface area contributed by atoms with Crippen LogP contribution in [0.2, 0.25) is 0 Å². The van der Waals surface area contributed by atoms with E-state index in [4.69, 9.17) is 4.42 Å². The zero-order valence-corrected chi connectivity index (χ0v) is 8.59. The molecule has 5 heteroatoms. The van der Waals surface area contributed by atoms with Crippen LogP contribution in [0.5, 0.6) is 0 Å². The first-order chi connectivity index (χ1) is 6.70. The molecule has 0 amide bonds. The van der Waals surface area contributed by atoms with Crippen LogP contribution in [-0.2, 0) is 0 Å². The molecule has 0 aliphatic heterocycles. The molecular formula is C9H8N2O2S. The average molecular weight is 208 g/mol. The van der Waals surface area contributed by atoms with E-state index in [-0.39, 0.29) is 0 Å². The maximum atomic E-state index is 10.5. The highest BCUT2D eigenvalue weighted by molar-refractivity contribution is 7.16. The van der Waals surface area contributed by atoms with E-state index in [9.17, 15) is 4.79 Å². The highest BCUT2D eigenvalue weighted by atomic mass is 32.1. The number of aryl methyl sites for hydroxylation is 2. The molecule has 0 aliphatic carbocycles.